The second-order valence-corrected chi connectivity index (χ2v) is 4.24. The van der Waals surface area contributed by atoms with Crippen LogP contribution in [0.15, 0.2) is 18.2 Å². The van der Waals surface area contributed by atoms with Crippen LogP contribution >= 0.6 is 11.3 Å². The fourth-order valence-corrected chi connectivity index (χ4v) is 2.17. The molecule has 2 nitrogen and oxygen atoms in total. The van der Waals surface area contributed by atoms with Gasteiger partial charge >= 0.3 is 6.18 Å². The van der Waals surface area contributed by atoms with Crippen LogP contribution in [-0.2, 0) is 12.6 Å². The minimum absolute atomic E-state index is 0.126. The third-order valence-electron chi connectivity index (χ3n) is 1.99. The Labute approximate surface area is 93.0 Å². The number of nitriles is 1. The number of alkyl halides is 3. The van der Waals surface area contributed by atoms with E-state index in [4.69, 9.17) is 5.26 Å². The highest BCUT2D eigenvalue weighted by Gasteiger charge is 2.30. The standard InChI is InChI=1S/C10H5F3N2S/c11-10(12,13)6-1-2-8-7(5-6)15-9(16-8)3-4-14/h1-2,5H,3H2. The molecule has 1 aromatic carbocycles. The first-order valence-corrected chi connectivity index (χ1v) is 5.16. The Morgan fingerprint density at radius 2 is 2.12 bits per heavy atom. The van der Waals surface area contributed by atoms with Crippen molar-refractivity contribution in [2.75, 3.05) is 0 Å². The molecule has 0 unspecified atom stereocenters. The molecule has 1 heterocycles. The van der Waals surface area contributed by atoms with E-state index in [1.165, 1.54) is 17.4 Å². The molecule has 0 saturated heterocycles. The summed E-state index contributed by atoms with van der Waals surface area (Å²) in [7, 11) is 0. The smallest absolute Gasteiger partial charge is 0.240 e. The first kappa shape index (κ1) is 10.9. The highest BCUT2D eigenvalue weighted by Crippen LogP contribution is 2.32. The molecule has 2 rings (SSSR count). The van der Waals surface area contributed by atoms with Crippen molar-refractivity contribution in [3.8, 4) is 6.07 Å². The summed E-state index contributed by atoms with van der Waals surface area (Å²) in [6.07, 6.45) is -4.23. The molecule has 0 atom stereocenters. The van der Waals surface area contributed by atoms with Gasteiger partial charge in [0.15, 0.2) is 0 Å². The maximum Gasteiger partial charge on any atom is 0.416 e. The van der Waals surface area contributed by atoms with Crippen LogP contribution < -0.4 is 0 Å². The van der Waals surface area contributed by atoms with Crippen LogP contribution in [0.2, 0.25) is 0 Å². The molecule has 0 aliphatic heterocycles. The molecule has 16 heavy (non-hydrogen) atoms. The molecule has 0 spiro atoms. The number of hydrogen-bond acceptors (Lipinski definition) is 3. The number of thiazole rings is 1. The van der Waals surface area contributed by atoms with Gasteiger partial charge in [0.1, 0.15) is 5.01 Å². The predicted octanol–water partition coefficient (Wildman–Crippen LogP) is 3.38. The predicted molar refractivity (Wildman–Crippen MR) is 53.9 cm³/mol. The van der Waals surface area contributed by atoms with Gasteiger partial charge in [-0.3, -0.25) is 0 Å². The Morgan fingerprint density at radius 1 is 1.38 bits per heavy atom. The average Bonchev–Trinajstić information content (AvgIpc) is 2.57. The van der Waals surface area contributed by atoms with Crippen molar-refractivity contribution in [3.63, 3.8) is 0 Å². The largest absolute Gasteiger partial charge is 0.416 e. The Bertz CT molecular complexity index is 565. The fraction of sp³-hybridized carbons (Fsp3) is 0.200. The molecule has 0 amide bonds. The zero-order valence-electron chi connectivity index (χ0n) is 7.88. The normalized spacial score (nSPS) is 11.6. The first-order valence-electron chi connectivity index (χ1n) is 4.34. The van der Waals surface area contributed by atoms with Crippen LogP contribution in [0.1, 0.15) is 10.6 Å². The fourth-order valence-electron chi connectivity index (χ4n) is 1.29. The van der Waals surface area contributed by atoms with E-state index in [1.54, 1.807) is 0 Å². The molecule has 2 aromatic rings. The monoisotopic (exact) mass is 242 g/mol. The zero-order valence-corrected chi connectivity index (χ0v) is 8.69. The second kappa shape index (κ2) is 3.76. The van der Waals surface area contributed by atoms with Crippen molar-refractivity contribution in [3.05, 3.63) is 28.8 Å². The summed E-state index contributed by atoms with van der Waals surface area (Å²) < 4.78 is 37.8. The molecule has 0 N–H and O–H groups in total. The lowest BCUT2D eigenvalue weighted by Crippen LogP contribution is -2.03. The minimum Gasteiger partial charge on any atom is -0.240 e. The Kier molecular flexibility index (Phi) is 2.56. The van der Waals surface area contributed by atoms with Crippen molar-refractivity contribution < 1.29 is 13.2 Å². The highest BCUT2D eigenvalue weighted by molar-refractivity contribution is 7.18. The molecular weight excluding hydrogens is 237 g/mol. The maximum absolute atomic E-state index is 12.4. The van der Waals surface area contributed by atoms with E-state index in [2.05, 4.69) is 4.98 Å². The van der Waals surface area contributed by atoms with Crippen molar-refractivity contribution in [1.29, 1.82) is 5.26 Å². The minimum atomic E-state index is -4.35. The molecule has 0 saturated carbocycles. The van der Waals surface area contributed by atoms with Crippen LogP contribution in [0.4, 0.5) is 13.2 Å². The Balaban J connectivity index is 2.51. The molecule has 0 bridgehead atoms. The number of nitrogens with zero attached hydrogens (tertiary/aromatic N) is 2. The third kappa shape index (κ3) is 1.99. The quantitative estimate of drug-likeness (QED) is 0.768. The summed E-state index contributed by atoms with van der Waals surface area (Å²) in [6.45, 7) is 0. The van der Waals surface area contributed by atoms with Gasteiger partial charge in [-0.1, -0.05) is 0 Å². The summed E-state index contributed by atoms with van der Waals surface area (Å²) in [5.41, 5.74) is -0.418. The number of halogens is 3. The van der Waals surface area contributed by atoms with E-state index in [0.29, 0.717) is 15.2 Å². The summed E-state index contributed by atoms with van der Waals surface area (Å²) >= 11 is 1.24. The van der Waals surface area contributed by atoms with E-state index in [0.717, 1.165) is 12.1 Å². The van der Waals surface area contributed by atoms with Gasteiger partial charge in [0.2, 0.25) is 0 Å². The van der Waals surface area contributed by atoms with Gasteiger partial charge in [0.25, 0.3) is 0 Å². The van der Waals surface area contributed by atoms with Crippen molar-refractivity contribution in [2.24, 2.45) is 0 Å². The van der Waals surface area contributed by atoms with Gasteiger partial charge in [0, 0.05) is 0 Å². The van der Waals surface area contributed by atoms with Crippen molar-refractivity contribution >= 4 is 21.6 Å². The molecule has 0 aliphatic carbocycles. The molecule has 1 aromatic heterocycles. The topological polar surface area (TPSA) is 36.7 Å². The number of fused-ring (bicyclic) bond motifs is 1. The van der Waals surface area contributed by atoms with Gasteiger partial charge < -0.3 is 0 Å². The van der Waals surface area contributed by atoms with Crippen LogP contribution in [0.5, 0.6) is 0 Å². The van der Waals surface area contributed by atoms with E-state index < -0.39 is 11.7 Å². The molecular formula is C10H5F3N2S. The Hall–Kier alpha value is -1.61. The highest BCUT2D eigenvalue weighted by atomic mass is 32.1. The summed E-state index contributed by atoms with van der Waals surface area (Å²) in [6, 6.07) is 5.33. The number of benzene rings is 1. The SMILES string of the molecule is N#CCc1nc2cc(C(F)(F)F)ccc2s1. The van der Waals surface area contributed by atoms with Crippen LogP contribution in [0, 0.1) is 11.3 Å². The number of rotatable bonds is 1. The number of hydrogen-bond donors (Lipinski definition) is 0. The van der Waals surface area contributed by atoms with Gasteiger partial charge in [0.05, 0.1) is 28.3 Å². The van der Waals surface area contributed by atoms with Gasteiger partial charge in [-0.15, -0.1) is 11.3 Å². The van der Waals surface area contributed by atoms with Crippen LogP contribution in [0.25, 0.3) is 10.2 Å². The molecule has 0 aliphatic rings. The molecule has 6 heteroatoms. The maximum atomic E-state index is 12.4. The third-order valence-corrected chi connectivity index (χ3v) is 3.03. The van der Waals surface area contributed by atoms with Crippen LogP contribution in [0.3, 0.4) is 0 Å². The van der Waals surface area contributed by atoms with Crippen molar-refractivity contribution in [1.82, 2.24) is 4.98 Å². The summed E-state index contributed by atoms with van der Waals surface area (Å²) in [5.74, 6) is 0. The van der Waals surface area contributed by atoms with Gasteiger partial charge in [-0.25, -0.2) is 4.98 Å². The van der Waals surface area contributed by atoms with E-state index in [-0.39, 0.29) is 6.42 Å². The van der Waals surface area contributed by atoms with Crippen molar-refractivity contribution in [2.45, 2.75) is 12.6 Å². The summed E-state index contributed by atoms with van der Waals surface area (Å²) in [5, 5.41) is 9.00. The lowest BCUT2D eigenvalue weighted by Gasteiger charge is -2.04. The zero-order chi connectivity index (χ0) is 11.8. The average molecular weight is 242 g/mol. The van der Waals surface area contributed by atoms with Gasteiger partial charge in [-0.2, -0.15) is 18.4 Å². The lowest BCUT2D eigenvalue weighted by atomic mass is 10.2. The second-order valence-electron chi connectivity index (χ2n) is 3.12. The van der Waals surface area contributed by atoms with E-state index in [1.807, 2.05) is 6.07 Å². The molecule has 0 fully saturated rings. The molecule has 0 radical (unpaired) electrons. The number of aromatic nitrogens is 1. The summed E-state index contributed by atoms with van der Waals surface area (Å²) in [4.78, 5) is 3.97. The first-order chi connectivity index (χ1) is 7.50. The van der Waals surface area contributed by atoms with Crippen LogP contribution in [-0.4, -0.2) is 4.98 Å². The molecule has 82 valence electrons. The lowest BCUT2D eigenvalue weighted by molar-refractivity contribution is -0.137. The Morgan fingerprint density at radius 3 is 2.75 bits per heavy atom. The van der Waals surface area contributed by atoms with E-state index in [9.17, 15) is 13.2 Å². The van der Waals surface area contributed by atoms with E-state index >= 15 is 0 Å². The van der Waals surface area contributed by atoms with Gasteiger partial charge in [-0.05, 0) is 18.2 Å².